The maximum atomic E-state index is 11.9. The molecule has 1 saturated heterocycles. The van der Waals surface area contributed by atoms with E-state index in [1.165, 1.54) is 16.8 Å². The SMILES string of the molecule is O=C1CCC(c2ccc(C(=O)O)n3cnnc23)C(=O)N1. The Hall–Kier alpha value is -2.77. The molecule has 1 aliphatic heterocycles. The largest absolute Gasteiger partial charge is 0.477 e. The van der Waals surface area contributed by atoms with Gasteiger partial charge in [0.05, 0.1) is 5.92 Å². The summed E-state index contributed by atoms with van der Waals surface area (Å²) in [7, 11) is 0. The Morgan fingerprint density at radius 1 is 1.40 bits per heavy atom. The molecule has 0 saturated carbocycles. The van der Waals surface area contributed by atoms with Gasteiger partial charge in [-0.1, -0.05) is 6.07 Å². The predicted octanol–water partition coefficient (Wildman–Crippen LogP) is -0.0523. The summed E-state index contributed by atoms with van der Waals surface area (Å²) in [5.41, 5.74) is 0.901. The number of carboxylic acids is 1. The molecule has 2 aromatic heterocycles. The Morgan fingerprint density at radius 3 is 2.90 bits per heavy atom. The summed E-state index contributed by atoms with van der Waals surface area (Å²) in [4.78, 5) is 34.2. The van der Waals surface area contributed by atoms with Crippen molar-refractivity contribution in [1.29, 1.82) is 0 Å². The van der Waals surface area contributed by atoms with Crippen LogP contribution in [0.25, 0.3) is 5.65 Å². The van der Waals surface area contributed by atoms with E-state index >= 15 is 0 Å². The van der Waals surface area contributed by atoms with Crippen LogP contribution in [0, 0.1) is 0 Å². The monoisotopic (exact) mass is 274 g/mol. The Morgan fingerprint density at radius 2 is 2.20 bits per heavy atom. The van der Waals surface area contributed by atoms with E-state index in [2.05, 4.69) is 15.5 Å². The van der Waals surface area contributed by atoms with Crippen LogP contribution in [0.5, 0.6) is 0 Å². The lowest BCUT2D eigenvalue weighted by Crippen LogP contribution is -2.39. The number of imide groups is 1. The number of piperidine rings is 1. The second-order valence-corrected chi connectivity index (χ2v) is 4.51. The van der Waals surface area contributed by atoms with E-state index in [1.807, 2.05) is 0 Å². The van der Waals surface area contributed by atoms with Gasteiger partial charge in [0.2, 0.25) is 11.8 Å². The normalized spacial score (nSPS) is 19.1. The molecule has 0 bridgehead atoms. The van der Waals surface area contributed by atoms with Crippen LogP contribution >= 0.6 is 0 Å². The lowest BCUT2D eigenvalue weighted by Gasteiger charge is -2.21. The van der Waals surface area contributed by atoms with Gasteiger partial charge in [0, 0.05) is 12.0 Å². The minimum atomic E-state index is -1.11. The zero-order valence-corrected chi connectivity index (χ0v) is 10.2. The highest BCUT2D eigenvalue weighted by atomic mass is 16.4. The van der Waals surface area contributed by atoms with Crippen LogP contribution in [-0.4, -0.2) is 37.5 Å². The van der Waals surface area contributed by atoms with E-state index in [0.717, 1.165) is 0 Å². The fourth-order valence-corrected chi connectivity index (χ4v) is 2.37. The molecule has 2 aromatic rings. The van der Waals surface area contributed by atoms with Gasteiger partial charge in [0.15, 0.2) is 5.65 Å². The summed E-state index contributed by atoms with van der Waals surface area (Å²) in [6.07, 6.45) is 1.91. The number of carboxylic acid groups (broad SMARTS) is 1. The van der Waals surface area contributed by atoms with Gasteiger partial charge in [-0.05, 0) is 12.5 Å². The highest BCUT2D eigenvalue weighted by molar-refractivity contribution is 6.01. The van der Waals surface area contributed by atoms with Crippen molar-refractivity contribution in [3.8, 4) is 0 Å². The molecule has 0 aliphatic carbocycles. The summed E-state index contributed by atoms with van der Waals surface area (Å²) in [6.45, 7) is 0. The second-order valence-electron chi connectivity index (χ2n) is 4.51. The van der Waals surface area contributed by atoms with E-state index in [-0.39, 0.29) is 18.0 Å². The third kappa shape index (κ3) is 1.81. The number of carbonyl (C=O) groups is 3. The van der Waals surface area contributed by atoms with E-state index in [4.69, 9.17) is 5.11 Å². The number of amides is 2. The Labute approximate surface area is 112 Å². The molecule has 8 heteroatoms. The first-order chi connectivity index (χ1) is 9.58. The fraction of sp³-hybridized carbons (Fsp3) is 0.250. The lowest BCUT2D eigenvalue weighted by atomic mass is 9.91. The number of hydrogen-bond donors (Lipinski definition) is 2. The van der Waals surface area contributed by atoms with E-state index in [1.54, 1.807) is 6.07 Å². The smallest absolute Gasteiger partial charge is 0.352 e. The second kappa shape index (κ2) is 4.41. The maximum Gasteiger partial charge on any atom is 0.352 e. The summed E-state index contributed by atoms with van der Waals surface area (Å²) >= 11 is 0. The van der Waals surface area contributed by atoms with Crippen molar-refractivity contribution in [3.63, 3.8) is 0 Å². The van der Waals surface area contributed by atoms with Crippen LogP contribution in [0.3, 0.4) is 0 Å². The molecule has 102 valence electrons. The third-order valence-electron chi connectivity index (χ3n) is 3.32. The molecule has 2 amide bonds. The van der Waals surface area contributed by atoms with Crippen LogP contribution in [0.1, 0.15) is 34.8 Å². The van der Waals surface area contributed by atoms with E-state index in [9.17, 15) is 14.4 Å². The van der Waals surface area contributed by atoms with Gasteiger partial charge < -0.3 is 5.11 Å². The number of nitrogens with zero attached hydrogens (tertiary/aromatic N) is 3. The minimum absolute atomic E-state index is 0.0149. The molecule has 3 heterocycles. The number of aromatic carboxylic acids is 1. The molecule has 0 radical (unpaired) electrons. The molecule has 2 N–H and O–H groups in total. The average Bonchev–Trinajstić information content (AvgIpc) is 2.87. The van der Waals surface area contributed by atoms with Crippen molar-refractivity contribution in [1.82, 2.24) is 19.9 Å². The Balaban J connectivity index is 2.11. The molecule has 1 atom stereocenters. The summed E-state index contributed by atoms with van der Waals surface area (Å²) in [5.74, 6) is -2.33. The van der Waals surface area contributed by atoms with Gasteiger partial charge in [0.1, 0.15) is 12.0 Å². The number of nitrogens with one attached hydrogen (secondary N) is 1. The molecular formula is C12H10N4O4. The van der Waals surface area contributed by atoms with Gasteiger partial charge in [-0.25, -0.2) is 4.79 Å². The molecule has 8 nitrogen and oxygen atoms in total. The first-order valence-corrected chi connectivity index (χ1v) is 5.97. The molecular weight excluding hydrogens is 264 g/mol. The van der Waals surface area contributed by atoms with Crippen molar-refractivity contribution in [2.24, 2.45) is 0 Å². The molecule has 1 aliphatic rings. The number of carbonyl (C=O) groups excluding carboxylic acids is 2. The predicted molar refractivity (Wildman–Crippen MR) is 65.1 cm³/mol. The highest BCUT2D eigenvalue weighted by Gasteiger charge is 2.30. The zero-order chi connectivity index (χ0) is 14.3. The van der Waals surface area contributed by atoms with E-state index < -0.39 is 17.8 Å². The number of rotatable bonds is 2. The summed E-state index contributed by atoms with van der Waals surface area (Å²) in [5, 5.41) is 18.9. The average molecular weight is 274 g/mol. The van der Waals surface area contributed by atoms with Gasteiger partial charge in [-0.3, -0.25) is 19.3 Å². The van der Waals surface area contributed by atoms with Crippen LogP contribution in [0.2, 0.25) is 0 Å². The molecule has 0 aromatic carbocycles. The molecule has 20 heavy (non-hydrogen) atoms. The third-order valence-corrected chi connectivity index (χ3v) is 3.32. The van der Waals surface area contributed by atoms with Crippen LogP contribution in [-0.2, 0) is 9.59 Å². The van der Waals surface area contributed by atoms with Gasteiger partial charge in [-0.2, -0.15) is 0 Å². The van der Waals surface area contributed by atoms with Crippen molar-refractivity contribution in [2.45, 2.75) is 18.8 Å². The minimum Gasteiger partial charge on any atom is -0.477 e. The van der Waals surface area contributed by atoms with Crippen LogP contribution in [0.15, 0.2) is 18.5 Å². The van der Waals surface area contributed by atoms with Crippen LogP contribution in [0.4, 0.5) is 0 Å². The Kier molecular flexibility index (Phi) is 2.70. The topological polar surface area (TPSA) is 114 Å². The number of hydrogen-bond acceptors (Lipinski definition) is 5. The fourth-order valence-electron chi connectivity index (χ4n) is 2.37. The first-order valence-electron chi connectivity index (χ1n) is 5.97. The van der Waals surface area contributed by atoms with E-state index in [0.29, 0.717) is 17.6 Å². The number of aromatic nitrogens is 3. The van der Waals surface area contributed by atoms with Crippen molar-refractivity contribution < 1.29 is 19.5 Å². The highest BCUT2D eigenvalue weighted by Crippen LogP contribution is 2.27. The van der Waals surface area contributed by atoms with Crippen LogP contribution < -0.4 is 5.32 Å². The standard InChI is InChI=1S/C12H10N4O4/c17-9-4-2-7(11(18)14-9)6-1-3-8(12(19)20)16-5-13-15-10(6)16/h1,3,5,7H,2,4H2,(H,19,20)(H,14,17,18). The van der Waals surface area contributed by atoms with Crippen molar-refractivity contribution >= 4 is 23.4 Å². The first kappa shape index (κ1) is 12.3. The summed E-state index contributed by atoms with van der Waals surface area (Å²) in [6, 6.07) is 2.95. The van der Waals surface area contributed by atoms with Crippen molar-refractivity contribution in [2.75, 3.05) is 0 Å². The summed E-state index contributed by atoms with van der Waals surface area (Å²) < 4.78 is 1.32. The van der Waals surface area contributed by atoms with Crippen molar-refractivity contribution in [3.05, 3.63) is 29.7 Å². The number of pyridine rings is 1. The van der Waals surface area contributed by atoms with Gasteiger partial charge >= 0.3 is 5.97 Å². The number of fused-ring (bicyclic) bond motifs is 1. The Bertz CT molecular complexity index is 736. The quantitative estimate of drug-likeness (QED) is 0.742. The maximum absolute atomic E-state index is 11.9. The molecule has 0 spiro atoms. The molecule has 1 unspecified atom stereocenters. The molecule has 1 fully saturated rings. The lowest BCUT2D eigenvalue weighted by molar-refractivity contribution is -0.134. The molecule has 3 rings (SSSR count). The van der Waals surface area contributed by atoms with Gasteiger partial charge in [-0.15, -0.1) is 10.2 Å². The zero-order valence-electron chi connectivity index (χ0n) is 10.2. The van der Waals surface area contributed by atoms with Gasteiger partial charge in [0.25, 0.3) is 0 Å².